The number of rotatable bonds is 2. The molecule has 0 atom stereocenters. The van der Waals surface area contributed by atoms with E-state index >= 15 is 0 Å². The van der Waals surface area contributed by atoms with Gasteiger partial charge in [0.15, 0.2) is 0 Å². The molecule has 0 aromatic heterocycles. The molecular formula is C12H19N3O2S. The third-order valence-corrected chi connectivity index (χ3v) is 4.35. The molecule has 4 N–H and O–H groups in total. The summed E-state index contributed by atoms with van der Waals surface area (Å²) in [5.74, 6) is 0. The summed E-state index contributed by atoms with van der Waals surface area (Å²) in [7, 11) is -3.72. The molecule has 0 aliphatic carbocycles. The highest BCUT2D eigenvalue weighted by molar-refractivity contribution is 7.89. The zero-order valence-electron chi connectivity index (χ0n) is 10.7. The number of nitrogens with two attached hydrogens (primary N) is 2. The predicted octanol–water partition coefficient (Wildman–Crippen LogP) is 1.30. The second-order valence-electron chi connectivity index (χ2n) is 5.37. The van der Waals surface area contributed by atoms with E-state index in [1.165, 1.54) is 6.07 Å². The second-order valence-corrected chi connectivity index (χ2v) is 6.93. The maximum absolute atomic E-state index is 11.4. The van der Waals surface area contributed by atoms with Crippen LogP contribution in [0.1, 0.15) is 26.7 Å². The molecule has 0 unspecified atom stereocenters. The Morgan fingerprint density at radius 2 is 1.94 bits per heavy atom. The van der Waals surface area contributed by atoms with Crippen LogP contribution in [0.15, 0.2) is 23.1 Å². The van der Waals surface area contributed by atoms with Crippen LogP contribution in [-0.4, -0.2) is 20.5 Å². The van der Waals surface area contributed by atoms with Crippen LogP contribution in [0, 0.1) is 0 Å². The van der Waals surface area contributed by atoms with E-state index < -0.39 is 10.0 Å². The molecule has 1 aromatic carbocycles. The third-order valence-electron chi connectivity index (χ3n) is 3.45. The van der Waals surface area contributed by atoms with E-state index in [4.69, 9.17) is 10.9 Å². The van der Waals surface area contributed by atoms with Crippen LogP contribution in [-0.2, 0) is 10.0 Å². The van der Waals surface area contributed by atoms with Crippen molar-refractivity contribution in [2.75, 3.05) is 17.2 Å². The smallest absolute Gasteiger partial charge is 0.238 e. The molecule has 5 nitrogen and oxygen atoms in total. The second kappa shape index (κ2) is 4.13. The highest BCUT2D eigenvalue weighted by Gasteiger charge is 2.32. The Kier molecular flexibility index (Phi) is 3.03. The largest absolute Gasteiger partial charge is 0.399 e. The van der Waals surface area contributed by atoms with Gasteiger partial charge in [0.2, 0.25) is 10.0 Å². The number of nitrogens with zero attached hydrogens (tertiary/aromatic N) is 1. The van der Waals surface area contributed by atoms with Crippen molar-refractivity contribution < 1.29 is 8.42 Å². The van der Waals surface area contributed by atoms with Gasteiger partial charge in [0.1, 0.15) is 0 Å². The summed E-state index contributed by atoms with van der Waals surface area (Å²) in [6.45, 7) is 5.18. The molecule has 0 spiro atoms. The number of anilines is 2. The monoisotopic (exact) mass is 269 g/mol. The van der Waals surface area contributed by atoms with Crippen LogP contribution in [0.3, 0.4) is 0 Å². The van der Waals surface area contributed by atoms with E-state index in [1.807, 2.05) is 0 Å². The van der Waals surface area contributed by atoms with Crippen molar-refractivity contribution in [1.82, 2.24) is 0 Å². The van der Waals surface area contributed by atoms with E-state index in [0.717, 1.165) is 25.1 Å². The minimum Gasteiger partial charge on any atom is -0.399 e. The molecular weight excluding hydrogens is 250 g/mol. The average Bonchev–Trinajstić information content (AvgIpc) is 2.55. The topological polar surface area (TPSA) is 89.4 Å². The number of sulfonamides is 1. The van der Waals surface area contributed by atoms with Crippen LogP contribution in [0.2, 0.25) is 0 Å². The van der Waals surface area contributed by atoms with Crippen molar-refractivity contribution in [2.24, 2.45) is 5.14 Å². The van der Waals surface area contributed by atoms with Gasteiger partial charge in [0.05, 0.1) is 4.90 Å². The minimum absolute atomic E-state index is 0.0173. The average molecular weight is 269 g/mol. The number of primary sulfonamides is 1. The number of nitrogen functional groups attached to an aromatic ring is 1. The molecule has 1 fully saturated rings. The van der Waals surface area contributed by atoms with Gasteiger partial charge in [-0.05, 0) is 44.9 Å². The molecule has 100 valence electrons. The number of benzene rings is 1. The molecule has 0 bridgehead atoms. The molecule has 0 saturated carbocycles. The zero-order valence-corrected chi connectivity index (χ0v) is 11.5. The fourth-order valence-electron chi connectivity index (χ4n) is 2.51. The molecule has 0 radical (unpaired) electrons. The number of hydrogen-bond donors (Lipinski definition) is 2. The summed E-state index contributed by atoms with van der Waals surface area (Å²) < 4.78 is 22.8. The van der Waals surface area contributed by atoms with E-state index in [2.05, 4.69) is 18.7 Å². The van der Waals surface area contributed by atoms with Gasteiger partial charge in [-0.1, -0.05) is 0 Å². The first kappa shape index (κ1) is 13.2. The van der Waals surface area contributed by atoms with Crippen molar-refractivity contribution in [2.45, 2.75) is 37.1 Å². The normalized spacial score (nSPS) is 19.2. The van der Waals surface area contributed by atoms with Crippen molar-refractivity contribution in [3.63, 3.8) is 0 Å². The lowest BCUT2D eigenvalue weighted by Crippen LogP contribution is -2.38. The maximum atomic E-state index is 11.4. The first-order chi connectivity index (χ1) is 8.20. The first-order valence-corrected chi connectivity index (χ1v) is 7.46. The molecule has 1 aromatic rings. The molecule has 1 heterocycles. The maximum Gasteiger partial charge on any atom is 0.238 e. The Hall–Kier alpha value is -1.27. The van der Waals surface area contributed by atoms with Crippen LogP contribution >= 0.6 is 0 Å². The van der Waals surface area contributed by atoms with Gasteiger partial charge in [-0.2, -0.15) is 0 Å². The molecule has 6 heteroatoms. The molecule has 1 aliphatic rings. The Morgan fingerprint density at radius 3 is 2.44 bits per heavy atom. The van der Waals surface area contributed by atoms with E-state index in [-0.39, 0.29) is 10.4 Å². The summed E-state index contributed by atoms with van der Waals surface area (Å²) in [4.78, 5) is 2.25. The summed E-state index contributed by atoms with van der Waals surface area (Å²) >= 11 is 0. The standard InChI is InChI=1S/C12H19N3O2S/c1-12(2)4-3-5-15(12)10-6-9(13)7-11(8-10)18(14,16)17/h6-8H,3-5,13H2,1-2H3,(H2,14,16,17). The summed E-state index contributed by atoms with van der Waals surface area (Å²) in [6.07, 6.45) is 2.17. The van der Waals surface area contributed by atoms with E-state index in [0.29, 0.717) is 5.69 Å². The van der Waals surface area contributed by atoms with E-state index in [9.17, 15) is 8.42 Å². The van der Waals surface area contributed by atoms with Gasteiger partial charge in [0, 0.05) is 23.5 Å². The van der Waals surface area contributed by atoms with Crippen molar-refractivity contribution >= 4 is 21.4 Å². The Balaban J connectivity index is 2.50. The molecule has 1 aliphatic heterocycles. The predicted molar refractivity (Wildman–Crippen MR) is 72.9 cm³/mol. The van der Waals surface area contributed by atoms with Crippen LogP contribution in [0.25, 0.3) is 0 Å². The number of hydrogen-bond acceptors (Lipinski definition) is 4. The molecule has 18 heavy (non-hydrogen) atoms. The Bertz CT molecular complexity index is 567. The lowest BCUT2D eigenvalue weighted by atomic mass is 10.0. The SMILES string of the molecule is CC1(C)CCCN1c1cc(N)cc(S(N)(=O)=O)c1. The van der Waals surface area contributed by atoms with Gasteiger partial charge in [-0.3, -0.25) is 0 Å². The lowest BCUT2D eigenvalue weighted by molar-refractivity contribution is 0.517. The van der Waals surface area contributed by atoms with Gasteiger partial charge in [0.25, 0.3) is 0 Å². The lowest BCUT2D eigenvalue weighted by Gasteiger charge is -2.34. The molecule has 0 amide bonds. The van der Waals surface area contributed by atoms with Crippen LogP contribution in [0.4, 0.5) is 11.4 Å². The summed E-state index contributed by atoms with van der Waals surface area (Å²) in [6, 6.07) is 4.78. The van der Waals surface area contributed by atoms with Crippen molar-refractivity contribution in [3.05, 3.63) is 18.2 Å². The summed E-state index contributed by atoms with van der Waals surface area (Å²) in [5, 5.41) is 5.16. The van der Waals surface area contributed by atoms with Crippen molar-refractivity contribution in [3.8, 4) is 0 Å². The Morgan fingerprint density at radius 1 is 1.28 bits per heavy atom. The van der Waals surface area contributed by atoms with Gasteiger partial charge < -0.3 is 10.6 Å². The van der Waals surface area contributed by atoms with Gasteiger partial charge in [-0.15, -0.1) is 0 Å². The fourth-order valence-corrected chi connectivity index (χ4v) is 3.10. The van der Waals surface area contributed by atoms with Gasteiger partial charge >= 0.3 is 0 Å². The third kappa shape index (κ3) is 2.44. The Labute approximate surface area is 108 Å². The van der Waals surface area contributed by atoms with Crippen LogP contribution in [0.5, 0.6) is 0 Å². The quantitative estimate of drug-likeness (QED) is 0.792. The molecule has 2 rings (SSSR count). The summed E-state index contributed by atoms with van der Waals surface area (Å²) in [5.41, 5.74) is 7.02. The van der Waals surface area contributed by atoms with Gasteiger partial charge in [-0.25, -0.2) is 13.6 Å². The minimum atomic E-state index is -3.72. The highest BCUT2D eigenvalue weighted by atomic mass is 32.2. The van der Waals surface area contributed by atoms with E-state index in [1.54, 1.807) is 12.1 Å². The van der Waals surface area contributed by atoms with Crippen molar-refractivity contribution in [1.29, 1.82) is 0 Å². The highest BCUT2D eigenvalue weighted by Crippen LogP contribution is 2.35. The zero-order chi connectivity index (χ0) is 13.6. The van der Waals surface area contributed by atoms with Crippen LogP contribution < -0.4 is 15.8 Å². The fraction of sp³-hybridized carbons (Fsp3) is 0.500. The molecule has 1 saturated heterocycles. The first-order valence-electron chi connectivity index (χ1n) is 5.91.